The van der Waals surface area contributed by atoms with Crippen LogP contribution in [0.3, 0.4) is 0 Å². The fourth-order valence-electron chi connectivity index (χ4n) is 4.36. The molecule has 40 heavy (non-hydrogen) atoms. The van der Waals surface area contributed by atoms with Crippen LogP contribution in [0.5, 0.6) is 5.75 Å². The highest BCUT2D eigenvalue weighted by Gasteiger charge is 2.35. The zero-order chi connectivity index (χ0) is 29.0. The van der Waals surface area contributed by atoms with E-state index >= 15 is 0 Å². The van der Waals surface area contributed by atoms with Crippen LogP contribution in [0.25, 0.3) is 0 Å². The minimum Gasteiger partial charge on any atom is -0.488 e. The first-order chi connectivity index (χ1) is 19.0. The summed E-state index contributed by atoms with van der Waals surface area (Å²) in [5.74, 6) is -0.811. The van der Waals surface area contributed by atoms with Gasteiger partial charge in [0.1, 0.15) is 24.7 Å². The summed E-state index contributed by atoms with van der Waals surface area (Å²) in [4.78, 5) is 27.8. The van der Waals surface area contributed by atoms with Gasteiger partial charge >= 0.3 is 0 Å². The van der Waals surface area contributed by atoms with E-state index in [0.29, 0.717) is 5.69 Å². The highest BCUT2D eigenvalue weighted by Crippen LogP contribution is 2.31. The number of aliphatic hydroxyl groups is 1. The molecule has 1 aromatic heterocycles. The Bertz CT molecular complexity index is 1450. The predicted molar refractivity (Wildman–Crippen MR) is 145 cm³/mol. The topological polar surface area (TPSA) is 160 Å². The van der Waals surface area contributed by atoms with Crippen molar-refractivity contribution in [3.05, 3.63) is 59.9 Å². The molecule has 0 spiro atoms. The molecule has 2 aromatic carbocycles. The number of likely N-dealkylation sites (N-methyl/N-ethyl adjacent to an activating group) is 1. The third kappa shape index (κ3) is 6.46. The van der Waals surface area contributed by atoms with Gasteiger partial charge < -0.3 is 20.1 Å². The van der Waals surface area contributed by atoms with Crippen LogP contribution in [0.1, 0.15) is 29.8 Å². The number of carbonyl (C=O) groups excluding carboxylic acids is 2. The van der Waals surface area contributed by atoms with E-state index in [0.717, 1.165) is 5.56 Å². The number of carbonyl (C=O) groups is 2. The van der Waals surface area contributed by atoms with Gasteiger partial charge in [0, 0.05) is 25.2 Å². The largest absolute Gasteiger partial charge is 0.488 e. The molecular formula is C26H33N7O6S. The molecule has 1 aliphatic heterocycles. The second-order valence-electron chi connectivity index (χ2n) is 9.99. The van der Waals surface area contributed by atoms with Gasteiger partial charge in [0.2, 0.25) is 15.9 Å². The predicted octanol–water partition coefficient (Wildman–Crippen LogP) is 1.16. The third-order valence-corrected chi connectivity index (χ3v) is 8.65. The second kappa shape index (κ2) is 12.1. The molecule has 2 amide bonds. The summed E-state index contributed by atoms with van der Waals surface area (Å²) in [6.45, 7) is 5.35. The van der Waals surface area contributed by atoms with Gasteiger partial charge in [-0.2, -0.15) is 4.31 Å². The number of sulfonamides is 1. The SMILES string of the molecule is Cc1ccc(S(=O)(=O)N(C)C[C@@H]2Oc3ccc(NC(=O)Cn4cnnn4)cc3C(=O)N([C@@H](C)CO)C[C@H]2C)cc1. The van der Waals surface area contributed by atoms with Gasteiger partial charge in [-0.25, -0.2) is 13.1 Å². The van der Waals surface area contributed by atoms with E-state index in [4.69, 9.17) is 4.74 Å². The molecule has 0 fully saturated rings. The van der Waals surface area contributed by atoms with Crippen molar-refractivity contribution < 1.29 is 27.9 Å². The van der Waals surface area contributed by atoms with Gasteiger partial charge in [-0.15, -0.1) is 5.10 Å². The minimum atomic E-state index is -3.79. The average Bonchev–Trinajstić information content (AvgIpc) is 3.43. The van der Waals surface area contributed by atoms with Crippen LogP contribution < -0.4 is 10.1 Å². The van der Waals surface area contributed by atoms with Crippen molar-refractivity contribution in [1.82, 2.24) is 29.4 Å². The number of aromatic nitrogens is 4. The summed E-state index contributed by atoms with van der Waals surface area (Å²) in [5, 5.41) is 23.2. The van der Waals surface area contributed by atoms with E-state index in [1.165, 1.54) is 28.4 Å². The van der Waals surface area contributed by atoms with Gasteiger partial charge in [-0.3, -0.25) is 9.59 Å². The van der Waals surface area contributed by atoms with Crippen molar-refractivity contribution in [2.24, 2.45) is 5.92 Å². The molecule has 3 aromatic rings. The maximum Gasteiger partial charge on any atom is 0.258 e. The Balaban J connectivity index is 1.62. The summed E-state index contributed by atoms with van der Waals surface area (Å²) in [7, 11) is -2.30. The standard InChI is InChI=1S/C26H33N7O6S/c1-17-5-8-21(9-6-17)40(37,38)31(4)13-24-18(2)12-33(19(3)15-34)26(36)22-11-20(7-10-23(22)39-24)28-25(35)14-32-16-27-29-30-32/h5-11,16,18-19,24,34H,12-15H2,1-4H3,(H,28,35)/t18-,19+,24+/m1/s1. The number of hydrogen-bond acceptors (Lipinski definition) is 9. The van der Waals surface area contributed by atoms with Crippen LogP contribution in [-0.2, 0) is 21.4 Å². The van der Waals surface area contributed by atoms with Gasteiger partial charge in [-0.05, 0) is 54.6 Å². The van der Waals surface area contributed by atoms with Gasteiger partial charge in [0.05, 0.1) is 29.7 Å². The van der Waals surface area contributed by atoms with Crippen LogP contribution in [0, 0.1) is 12.8 Å². The first kappa shape index (κ1) is 29.1. The van der Waals surface area contributed by atoms with Crippen molar-refractivity contribution in [2.45, 2.75) is 44.4 Å². The van der Waals surface area contributed by atoms with Gasteiger partial charge in [-0.1, -0.05) is 24.6 Å². The molecule has 0 saturated heterocycles. The Hall–Kier alpha value is -3.88. The van der Waals surface area contributed by atoms with Crippen LogP contribution in [0.2, 0.25) is 0 Å². The number of benzene rings is 2. The lowest BCUT2D eigenvalue weighted by Crippen LogP contribution is -2.50. The summed E-state index contributed by atoms with van der Waals surface area (Å²) < 4.78 is 35.3. The minimum absolute atomic E-state index is 0.0246. The molecule has 13 nitrogen and oxygen atoms in total. The molecule has 14 heteroatoms. The molecule has 1 aliphatic rings. The van der Waals surface area contributed by atoms with Crippen molar-refractivity contribution in [1.29, 1.82) is 0 Å². The van der Waals surface area contributed by atoms with Crippen molar-refractivity contribution in [3.8, 4) is 5.75 Å². The maximum absolute atomic E-state index is 13.6. The molecule has 2 heterocycles. The Morgan fingerprint density at radius 3 is 2.62 bits per heavy atom. The third-order valence-electron chi connectivity index (χ3n) is 6.81. The molecule has 0 saturated carbocycles. The molecular weight excluding hydrogens is 538 g/mol. The van der Waals surface area contributed by atoms with Gasteiger partial charge in [0.15, 0.2) is 0 Å². The molecule has 3 atom stereocenters. The monoisotopic (exact) mass is 571 g/mol. The summed E-state index contributed by atoms with van der Waals surface area (Å²) in [6.07, 6.45) is 0.689. The van der Waals surface area contributed by atoms with E-state index in [1.54, 1.807) is 48.2 Å². The van der Waals surface area contributed by atoms with E-state index in [2.05, 4.69) is 20.8 Å². The summed E-state index contributed by atoms with van der Waals surface area (Å²) >= 11 is 0. The fourth-order valence-corrected chi connectivity index (χ4v) is 5.54. The lowest BCUT2D eigenvalue weighted by Gasteiger charge is -2.38. The number of nitrogens with one attached hydrogen (secondary N) is 1. The molecule has 0 radical (unpaired) electrons. The normalized spacial score (nSPS) is 18.4. The van der Waals surface area contributed by atoms with E-state index in [9.17, 15) is 23.1 Å². The van der Waals surface area contributed by atoms with Crippen LogP contribution in [0.4, 0.5) is 5.69 Å². The Morgan fingerprint density at radius 2 is 1.98 bits per heavy atom. The number of tetrazole rings is 1. The lowest BCUT2D eigenvalue weighted by molar-refractivity contribution is -0.116. The quantitative estimate of drug-likeness (QED) is 0.384. The average molecular weight is 572 g/mol. The second-order valence-corrected chi connectivity index (χ2v) is 12.0. The number of aliphatic hydroxyl groups excluding tert-OH is 1. The number of fused-ring (bicyclic) bond motifs is 1. The Morgan fingerprint density at radius 1 is 1.25 bits per heavy atom. The number of hydrogen-bond donors (Lipinski definition) is 2. The highest BCUT2D eigenvalue weighted by atomic mass is 32.2. The van der Waals surface area contributed by atoms with Gasteiger partial charge in [0.25, 0.3) is 5.91 Å². The fraction of sp³-hybridized carbons (Fsp3) is 0.423. The number of ether oxygens (including phenoxy) is 1. The Kier molecular flexibility index (Phi) is 8.81. The number of nitrogens with zero attached hydrogens (tertiary/aromatic N) is 6. The van der Waals surface area contributed by atoms with E-state index in [1.807, 2.05) is 13.8 Å². The Labute approximate surface area is 232 Å². The molecule has 0 aliphatic carbocycles. The maximum atomic E-state index is 13.6. The number of aryl methyl sites for hydroxylation is 1. The van der Waals surface area contributed by atoms with Crippen molar-refractivity contribution >= 4 is 27.5 Å². The summed E-state index contributed by atoms with van der Waals surface area (Å²) in [6, 6.07) is 10.8. The number of amides is 2. The van der Waals surface area contributed by atoms with Crippen molar-refractivity contribution in [2.75, 3.05) is 32.1 Å². The van der Waals surface area contributed by atoms with Crippen molar-refractivity contribution in [3.63, 3.8) is 0 Å². The van der Waals surface area contributed by atoms with Crippen LogP contribution >= 0.6 is 0 Å². The first-order valence-electron chi connectivity index (χ1n) is 12.8. The molecule has 2 N–H and O–H groups in total. The summed E-state index contributed by atoms with van der Waals surface area (Å²) in [5.41, 5.74) is 1.49. The highest BCUT2D eigenvalue weighted by molar-refractivity contribution is 7.89. The molecule has 214 valence electrons. The molecule has 4 rings (SSSR count). The zero-order valence-corrected chi connectivity index (χ0v) is 23.6. The van der Waals surface area contributed by atoms with Crippen LogP contribution in [-0.4, -0.2) is 93.6 Å². The first-order valence-corrected chi connectivity index (χ1v) is 14.2. The molecule has 0 bridgehead atoms. The van der Waals surface area contributed by atoms with E-state index in [-0.39, 0.29) is 54.3 Å². The number of rotatable bonds is 9. The lowest BCUT2D eigenvalue weighted by atomic mass is 9.99. The molecule has 0 unspecified atom stereocenters. The number of anilines is 1. The van der Waals surface area contributed by atoms with Crippen LogP contribution in [0.15, 0.2) is 53.7 Å². The van der Waals surface area contributed by atoms with E-state index < -0.39 is 28.1 Å². The smallest absolute Gasteiger partial charge is 0.258 e. The zero-order valence-electron chi connectivity index (χ0n) is 22.8.